The molecule has 0 aliphatic carbocycles. The van der Waals surface area contributed by atoms with Gasteiger partial charge in [-0.1, -0.05) is 212 Å². The second-order valence-electron chi connectivity index (χ2n) is 16.8. The Kier molecular flexibility index (Phi) is 10.1. The fourth-order valence-electron chi connectivity index (χ4n) is 9.70. The maximum absolute atomic E-state index is 2.44. The minimum Gasteiger partial charge on any atom is -0.310 e. The van der Waals surface area contributed by atoms with Crippen molar-refractivity contribution in [1.82, 2.24) is 0 Å². The van der Waals surface area contributed by atoms with E-state index in [0.717, 1.165) is 17.1 Å². The van der Waals surface area contributed by atoms with Crippen LogP contribution < -0.4 is 4.90 Å². The fourth-order valence-corrected chi connectivity index (χ4v) is 10.8. The van der Waals surface area contributed by atoms with Crippen LogP contribution in [-0.4, -0.2) is 0 Å². The van der Waals surface area contributed by atoms with Gasteiger partial charge in [-0.25, -0.2) is 0 Å². The third-order valence-corrected chi connectivity index (χ3v) is 14.1. The van der Waals surface area contributed by atoms with Crippen molar-refractivity contribution in [3.8, 4) is 66.8 Å². The van der Waals surface area contributed by atoms with Gasteiger partial charge in [0.25, 0.3) is 0 Å². The average Bonchev–Trinajstić information content (AvgIpc) is 3.78. The van der Waals surface area contributed by atoms with E-state index in [4.69, 9.17) is 0 Å². The molecule has 0 fully saturated rings. The van der Waals surface area contributed by atoms with Gasteiger partial charge in [-0.05, 0) is 121 Å². The molecule has 0 radical (unpaired) electrons. The highest BCUT2D eigenvalue weighted by Gasteiger charge is 2.23. The lowest BCUT2D eigenvalue weighted by molar-refractivity contribution is 1.28. The first-order valence-corrected chi connectivity index (χ1v) is 23.4. The molecule has 1 heterocycles. The van der Waals surface area contributed by atoms with Crippen molar-refractivity contribution in [1.29, 1.82) is 0 Å². The zero-order valence-electron chi connectivity index (χ0n) is 36.2. The molecule has 0 aliphatic rings. The van der Waals surface area contributed by atoms with Crippen LogP contribution in [0.15, 0.2) is 261 Å². The second kappa shape index (κ2) is 17.0. The topological polar surface area (TPSA) is 3.24 Å². The predicted molar refractivity (Wildman–Crippen MR) is 284 cm³/mol. The number of hydrogen-bond acceptors (Lipinski definition) is 2. The molecule has 0 unspecified atom stereocenters. The Morgan fingerprint density at radius 2 is 0.712 bits per heavy atom. The molecule has 0 saturated heterocycles. The van der Waals surface area contributed by atoms with E-state index in [0.29, 0.717) is 0 Å². The van der Waals surface area contributed by atoms with Crippen LogP contribution in [0, 0.1) is 0 Å². The van der Waals surface area contributed by atoms with Crippen LogP contribution in [0.3, 0.4) is 0 Å². The molecule has 12 rings (SSSR count). The molecule has 66 heavy (non-hydrogen) atoms. The maximum Gasteiger partial charge on any atom is 0.0546 e. The summed E-state index contributed by atoms with van der Waals surface area (Å²) in [6, 6.07) is 95.2. The summed E-state index contributed by atoms with van der Waals surface area (Å²) in [6.07, 6.45) is 0. The minimum atomic E-state index is 1.08. The molecule has 0 amide bonds. The van der Waals surface area contributed by atoms with E-state index in [2.05, 4.69) is 266 Å². The van der Waals surface area contributed by atoms with Crippen LogP contribution in [0.5, 0.6) is 0 Å². The zero-order valence-corrected chi connectivity index (χ0v) is 37.0. The highest BCUT2D eigenvalue weighted by molar-refractivity contribution is 7.25. The molecule has 11 aromatic carbocycles. The van der Waals surface area contributed by atoms with Crippen molar-refractivity contribution in [2.24, 2.45) is 0 Å². The highest BCUT2D eigenvalue weighted by Crippen LogP contribution is 2.48. The summed E-state index contributed by atoms with van der Waals surface area (Å²) in [4.78, 5) is 2.44. The molecule has 0 aliphatic heterocycles. The first-order chi connectivity index (χ1) is 32.7. The number of fused-ring (bicyclic) bond motifs is 4. The van der Waals surface area contributed by atoms with E-state index >= 15 is 0 Å². The summed E-state index contributed by atoms with van der Waals surface area (Å²) in [5.41, 5.74) is 17.6. The second-order valence-corrected chi connectivity index (χ2v) is 17.9. The monoisotopic (exact) mass is 857 g/mol. The number of nitrogens with zero attached hydrogens (tertiary/aromatic N) is 1. The molecule has 0 bridgehead atoms. The van der Waals surface area contributed by atoms with Crippen molar-refractivity contribution < 1.29 is 0 Å². The Morgan fingerprint density at radius 3 is 1.42 bits per heavy atom. The highest BCUT2D eigenvalue weighted by atomic mass is 32.1. The Bertz CT molecular complexity index is 3660. The fraction of sp³-hybridized carbons (Fsp3) is 0. The van der Waals surface area contributed by atoms with Crippen LogP contribution in [0.2, 0.25) is 0 Å². The molecule has 0 atom stereocenters. The van der Waals surface area contributed by atoms with Crippen molar-refractivity contribution >= 4 is 59.3 Å². The molecule has 1 aromatic heterocycles. The van der Waals surface area contributed by atoms with Gasteiger partial charge in [-0.3, -0.25) is 0 Å². The predicted octanol–water partition coefficient (Wildman–Crippen LogP) is 18.7. The summed E-state index contributed by atoms with van der Waals surface area (Å²) in [7, 11) is 0. The molecular weight excluding hydrogens is 815 g/mol. The third-order valence-electron chi connectivity index (χ3n) is 12.9. The normalized spacial score (nSPS) is 11.3. The Hall–Kier alpha value is -8.30. The van der Waals surface area contributed by atoms with Crippen LogP contribution in [0.1, 0.15) is 0 Å². The van der Waals surface area contributed by atoms with Gasteiger partial charge in [-0.15, -0.1) is 11.3 Å². The molecule has 0 spiro atoms. The van der Waals surface area contributed by atoms with Crippen LogP contribution in [0.4, 0.5) is 17.1 Å². The smallest absolute Gasteiger partial charge is 0.0546 e. The summed E-state index contributed by atoms with van der Waals surface area (Å²) in [6.45, 7) is 0. The number of rotatable bonds is 9. The number of benzene rings is 11. The average molecular weight is 858 g/mol. The quantitative estimate of drug-likeness (QED) is 0.140. The molecule has 2 heteroatoms. The Balaban J connectivity index is 1.000. The number of thiophene rings is 1. The van der Waals surface area contributed by atoms with Crippen LogP contribution >= 0.6 is 11.3 Å². The van der Waals surface area contributed by atoms with Gasteiger partial charge in [0.05, 0.1) is 5.69 Å². The lowest BCUT2D eigenvalue weighted by Crippen LogP contribution is -2.12. The van der Waals surface area contributed by atoms with E-state index in [-0.39, 0.29) is 0 Å². The number of anilines is 3. The van der Waals surface area contributed by atoms with Crippen molar-refractivity contribution in [2.45, 2.75) is 0 Å². The molecule has 0 N–H and O–H groups in total. The van der Waals surface area contributed by atoms with Gasteiger partial charge in [0.2, 0.25) is 0 Å². The standard InChI is InChI=1S/C64H43NS/c1-3-15-47(16-4-1)56-22-9-10-24-59(56)64-57(49-17-5-2-6-18-49)26-14-27-61(64)65(53-40-35-46(36-41-53)51-37-42-63-60(43-51)58-23-11-12-28-62(58)66-63)52-38-33-45(34-39-52)44-29-31-50(32-30-44)55-25-13-20-48-19-7-8-21-54(48)55/h1-43H. The van der Waals surface area contributed by atoms with Gasteiger partial charge in [0.1, 0.15) is 0 Å². The molecule has 310 valence electrons. The van der Waals surface area contributed by atoms with Crippen LogP contribution in [-0.2, 0) is 0 Å². The molecule has 0 saturated carbocycles. The Labute approximate surface area is 389 Å². The van der Waals surface area contributed by atoms with E-state index in [1.807, 2.05) is 11.3 Å². The summed E-state index contributed by atoms with van der Waals surface area (Å²) >= 11 is 1.86. The Morgan fingerprint density at radius 1 is 0.258 bits per heavy atom. The largest absolute Gasteiger partial charge is 0.310 e. The summed E-state index contributed by atoms with van der Waals surface area (Å²) in [5.74, 6) is 0. The molecule has 12 aromatic rings. The number of hydrogen-bond donors (Lipinski definition) is 0. The third kappa shape index (κ3) is 7.24. The first-order valence-electron chi connectivity index (χ1n) is 22.6. The lowest BCUT2D eigenvalue weighted by atomic mass is 9.87. The molecular formula is C64H43NS. The van der Waals surface area contributed by atoms with Crippen molar-refractivity contribution in [3.63, 3.8) is 0 Å². The summed E-state index contributed by atoms with van der Waals surface area (Å²) in [5, 5.41) is 5.14. The molecule has 1 nitrogen and oxygen atoms in total. The van der Waals surface area contributed by atoms with Gasteiger partial charge in [-0.2, -0.15) is 0 Å². The van der Waals surface area contributed by atoms with Gasteiger partial charge < -0.3 is 4.90 Å². The van der Waals surface area contributed by atoms with E-state index in [1.54, 1.807) is 0 Å². The summed E-state index contributed by atoms with van der Waals surface area (Å²) < 4.78 is 2.63. The SMILES string of the molecule is c1ccc(-c2ccccc2-c2c(-c3ccccc3)cccc2N(c2ccc(-c3ccc(-c4cccc5ccccc45)cc3)cc2)c2ccc(-c3ccc4sc5ccccc5c4c3)cc2)cc1. The van der Waals surface area contributed by atoms with Crippen molar-refractivity contribution in [2.75, 3.05) is 4.90 Å². The van der Waals surface area contributed by atoms with Crippen molar-refractivity contribution in [3.05, 3.63) is 261 Å². The van der Waals surface area contributed by atoms with Gasteiger partial charge in [0, 0.05) is 37.1 Å². The van der Waals surface area contributed by atoms with Gasteiger partial charge in [0.15, 0.2) is 0 Å². The van der Waals surface area contributed by atoms with E-state index in [1.165, 1.54) is 97.7 Å². The first kappa shape index (κ1) is 39.3. The maximum atomic E-state index is 2.44. The van der Waals surface area contributed by atoms with E-state index in [9.17, 15) is 0 Å². The van der Waals surface area contributed by atoms with Crippen LogP contribution in [0.25, 0.3) is 97.7 Å². The zero-order chi connectivity index (χ0) is 43.8. The van der Waals surface area contributed by atoms with E-state index < -0.39 is 0 Å². The lowest BCUT2D eigenvalue weighted by Gasteiger charge is -2.30. The minimum absolute atomic E-state index is 1.08. The van der Waals surface area contributed by atoms with Gasteiger partial charge >= 0.3 is 0 Å².